The van der Waals surface area contributed by atoms with Crippen LogP contribution in [0, 0.1) is 41.0 Å². The highest BCUT2D eigenvalue weighted by molar-refractivity contribution is 5.91. The predicted molar refractivity (Wildman–Crippen MR) is 134 cm³/mol. The summed E-state index contributed by atoms with van der Waals surface area (Å²) in [6.45, 7) is 3.81. The van der Waals surface area contributed by atoms with Crippen LogP contribution in [0.5, 0.6) is 11.5 Å². The van der Waals surface area contributed by atoms with Gasteiger partial charge in [-0.2, -0.15) is 8.78 Å². The summed E-state index contributed by atoms with van der Waals surface area (Å²) in [5.41, 5.74) is -0.419. The zero-order chi connectivity index (χ0) is 26.5. The van der Waals surface area contributed by atoms with Gasteiger partial charge in [-0.3, -0.25) is 0 Å². The third-order valence-corrected chi connectivity index (χ3v) is 7.68. The highest BCUT2D eigenvalue weighted by Crippen LogP contribution is 2.48. The molecular formula is C30H32F4O3. The number of fused-ring (bicyclic) bond motifs is 1. The molecule has 4 rings (SSSR count). The van der Waals surface area contributed by atoms with Crippen molar-refractivity contribution in [3.63, 3.8) is 0 Å². The minimum atomic E-state index is -1.45. The van der Waals surface area contributed by atoms with Crippen LogP contribution in [-0.4, -0.2) is 12.6 Å². The van der Waals surface area contributed by atoms with Crippen LogP contribution >= 0.6 is 0 Å². The molecule has 2 aliphatic rings. The van der Waals surface area contributed by atoms with E-state index in [0.717, 1.165) is 56.7 Å². The van der Waals surface area contributed by atoms with Gasteiger partial charge in [0.05, 0.1) is 5.56 Å². The van der Waals surface area contributed by atoms with E-state index in [1.165, 1.54) is 6.07 Å². The Morgan fingerprint density at radius 2 is 1.54 bits per heavy atom. The maximum atomic E-state index is 15.1. The Bertz CT molecular complexity index is 1190. The number of carbonyl (C=O) groups excluding carboxylic acids is 1. The molecule has 37 heavy (non-hydrogen) atoms. The molecule has 0 heterocycles. The van der Waals surface area contributed by atoms with Crippen molar-refractivity contribution in [2.75, 3.05) is 6.61 Å². The Kier molecular flexibility index (Phi) is 8.72. The number of rotatable bonds is 7. The fourth-order valence-electron chi connectivity index (χ4n) is 5.79. The van der Waals surface area contributed by atoms with Crippen LogP contribution in [0.25, 0.3) is 0 Å². The fourth-order valence-corrected chi connectivity index (χ4v) is 5.79. The lowest BCUT2D eigenvalue weighted by molar-refractivity contribution is 0.0720. The molecule has 0 bridgehead atoms. The predicted octanol–water partition coefficient (Wildman–Crippen LogP) is 8.29. The first-order valence-corrected chi connectivity index (χ1v) is 12.9. The van der Waals surface area contributed by atoms with Gasteiger partial charge in [-0.05, 0) is 99.8 Å². The molecule has 4 atom stereocenters. The number of hydrogen-bond acceptors (Lipinski definition) is 3. The number of halogens is 4. The van der Waals surface area contributed by atoms with Crippen molar-refractivity contribution in [2.45, 2.75) is 58.3 Å². The van der Waals surface area contributed by atoms with Gasteiger partial charge in [0, 0.05) is 0 Å². The highest BCUT2D eigenvalue weighted by Gasteiger charge is 2.37. The van der Waals surface area contributed by atoms with Gasteiger partial charge in [0.2, 0.25) is 11.6 Å². The standard InChI is InChI=1S/C30H32F4O3/c1-3-5-15-36-24-13-14-25(29(34)28(24)33)37-30(35)23-12-11-22(26(31)27(23)32)21-10-9-19-16-18(6-4-2)7-8-20(19)17-21/h3-6,11-14,18-21H,7-10,15-17H2,1-2H3/b5-3+,6-4+. The number of ether oxygens (including phenoxy) is 2. The lowest BCUT2D eigenvalue weighted by Crippen LogP contribution is -2.30. The average Bonchev–Trinajstić information content (AvgIpc) is 2.89. The molecule has 2 aromatic carbocycles. The molecule has 2 aliphatic carbocycles. The van der Waals surface area contributed by atoms with E-state index in [0.29, 0.717) is 17.8 Å². The molecule has 2 fully saturated rings. The molecule has 0 spiro atoms. The molecule has 0 N–H and O–H groups in total. The van der Waals surface area contributed by atoms with E-state index < -0.39 is 40.6 Å². The summed E-state index contributed by atoms with van der Waals surface area (Å²) in [6, 6.07) is 4.69. The van der Waals surface area contributed by atoms with Gasteiger partial charge in [-0.15, -0.1) is 0 Å². The van der Waals surface area contributed by atoms with E-state index in [2.05, 4.69) is 12.2 Å². The summed E-state index contributed by atoms with van der Waals surface area (Å²) in [5, 5.41) is 0. The highest BCUT2D eigenvalue weighted by atomic mass is 19.2. The second kappa shape index (κ2) is 12.0. The molecule has 0 aliphatic heterocycles. The summed E-state index contributed by atoms with van der Waals surface area (Å²) < 4.78 is 68.8. The second-order valence-electron chi connectivity index (χ2n) is 9.92. The summed E-state index contributed by atoms with van der Waals surface area (Å²) in [7, 11) is 0. The quantitative estimate of drug-likeness (QED) is 0.161. The fraction of sp³-hybridized carbons (Fsp3) is 0.433. The van der Waals surface area contributed by atoms with E-state index in [1.54, 1.807) is 19.1 Å². The van der Waals surface area contributed by atoms with Crippen LogP contribution < -0.4 is 9.47 Å². The Balaban J connectivity index is 1.45. The van der Waals surface area contributed by atoms with Crippen molar-refractivity contribution in [3.8, 4) is 11.5 Å². The van der Waals surface area contributed by atoms with Gasteiger partial charge in [-0.1, -0.05) is 30.4 Å². The molecule has 0 aromatic heterocycles. The number of allylic oxidation sites excluding steroid dienone is 3. The second-order valence-corrected chi connectivity index (χ2v) is 9.92. The number of esters is 1. The molecule has 0 radical (unpaired) electrons. The molecule has 3 nitrogen and oxygen atoms in total. The van der Waals surface area contributed by atoms with Gasteiger partial charge in [0.15, 0.2) is 23.1 Å². The SMILES string of the molecule is C/C=C/COc1ccc(OC(=O)c2ccc(C3CCC4CC(/C=C/C)CCC4C3)c(F)c2F)c(F)c1F. The maximum Gasteiger partial charge on any atom is 0.346 e. The van der Waals surface area contributed by atoms with E-state index in [-0.39, 0.29) is 23.8 Å². The van der Waals surface area contributed by atoms with Crippen molar-refractivity contribution < 1.29 is 31.8 Å². The monoisotopic (exact) mass is 516 g/mol. The third-order valence-electron chi connectivity index (χ3n) is 7.68. The van der Waals surface area contributed by atoms with Crippen LogP contribution in [0.2, 0.25) is 0 Å². The van der Waals surface area contributed by atoms with Gasteiger partial charge >= 0.3 is 5.97 Å². The molecule has 4 unspecified atom stereocenters. The zero-order valence-electron chi connectivity index (χ0n) is 21.1. The van der Waals surface area contributed by atoms with E-state index in [4.69, 9.17) is 9.47 Å². The summed E-state index contributed by atoms with van der Waals surface area (Å²) in [4.78, 5) is 12.5. The Morgan fingerprint density at radius 3 is 2.30 bits per heavy atom. The summed E-state index contributed by atoms with van der Waals surface area (Å²) >= 11 is 0. The van der Waals surface area contributed by atoms with E-state index in [1.807, 2.05) is 6.92 Å². The first kappa shape index (κ1) is 27.0. The molecule has 7 heteroatoms. The topological polar surface area (TPSA) is 35.5 Å². The lowest BCUT2D eigenvalue weighted by Gasteiger charge is -2.42. The molecule has 2 saturated carbocycles. The molecule has 2 aromatic rings. The van der Waals surface area contributed by atoms with Crippen molar-refractivity contribution >= 4 is 5.97 Å². The van der Waals surface area contributed by atoms with Crippen LogP contribution in [0.15, 0.2) is 48.6 Å². The minimum Gasteiger partial charge on any atom is -0.486 e. The molecule has 0 amide bonds. The minimum absolute atomic E-state index is 0.0297. The van der Waals surface area contributed by atoms with Crippen molar-refractivity contribution in [1.29, 1.82) is 0 Å². The number of carbonyl (C=O) groups is 1. The molecule has 198 valence electrons. The Labute approximate surface area is 215 Å². The van der Waals surface area contributed by atoms with Crippen LogP contribution in [0.3, 0.4) is 0 Å². The summed E-state index contributed by atoms with van der Waals surface area (Å²) in [6.07, 6.45) is 13.5. The molecular weight excluding hydrogens is 484 g/mol. The molecule has 0 saturated heterocycles. The van der Waals surface area contributed by atoms with E-state index in [9.17, 15) is 18.0 Å². The largest absolute Gasteiger partial charge is 0.486 e. The Hall–Kier alpha value is -3.09. The smallest absolute Gasteiger partial charge is 0.346 e. The van der Waals surface area contributed by atoms with Crippen molar-refractivity contribution in [1.82, 2.24) is 0 Å². The van der Waals surface area contributed by atoms with Crippen LogP contribution in [-0.2, 0) is 0 Å². The Morgan fingerprint density at radius 1 is 0.838 bits per heavy atom. The van der Waals surface area contributed by atoms with Crippen molar-refractivity contribution in [2.24, 2.45) is 17.8 Å². The van der Waals surface area contributed by atoms with Crippen LogP contribution in [0.1, 0.15) is 74.2 Å². The number of hydrogen-bond donors (Lipinski definition) is 0. The first-order chi connectivity index (χ1) is 17.8. The van der Waals surface area contributed by atoms with E-state index >= 15 is 4.39 Å². The number of benzene rings is 2. The average molecular weight is 517 g/mol. The normalized spacial score (nSPS) is 23.8. The zero-order valence-corrected chi connectivity index (χ0v) is 21.1. The maximum absolute atomic E-state index is 15.1. The van der Waals surface area contributed by atoms with Gasteiger partial charge in [0.1, 0.15) is 6.61 Å². The van der Waals surface area contributed by atoms with Crippen molar-refractivity contribution in [3.05, 3.63) is 83.0 Å². The van der Waals surface area contributed by atoms with Crippen LogP contribution in [0.4, 0.5) is 17.6 Å². The first-order valence-electron chi connectivity index (χ1n) is 12.9. The van der Waals surface area contributed by atoms with Gasteiger partial charge in [-0.25, -0.2) is 13.6 Å². The van der Waals surface area contributed by atoms with Gasteiger partial charge < -0.3 is 9.47 Å². The summed E-state index contributed by atoms with van der Waals surface area (Å²) in [5.74, 6) is -6.07. The van der Waals surface area contributed by atoms with Gasteiger partial charge in [0.25, 0.3) is 0 Å². The third kappa shape index (κ3) is 5.91. The lowest BCUT2D eigenvalue weighted by atomic mass is 9.64.